The van der Waals surface area contributed by atoms with Crippen LogP contribution < -0.4 is 11.0 Å². The number of halogens is 1. The number of hydrogen-bond acceptors (Lipinski definition) is 5. The van der Waals surface area contributed by atoms with Gasteiger partial charge in [0, 0.05) is 15.5 Å². The molecule has 9 heteroatoms. The van der Waals surface area contributed by atoms with Crippen molar-refractivity contribution in [2.45, 2.75) is 44.0 Å². The summed E-state index contributed by atoms with van der Waals surface area (Å²) < 4.78 is 2.28. The number of amides is 1. The molecule has 3 aromatic rings. The van der Waals surface area contributed by atoms with Crippen LogP contribution in [0.15, 0.2) is 40.2 Å². The van der Waals surface area contributed by atoms with Crippen molar-refractivity contribution in [2.24, 2.45) is 0 Å². The number of hydrogen-bond donors (Lipinski definition) is 1. The van der Waals surface area contributed by atoms with Crippen LogP contribution in [0.5, 0.6) is 0 Å². The van der Waals surface area contributed by atoms with Gasteiger partial charge in [0.25, 0.3) is 0 Å². The summed E-state index contributed by atoms with van der Waals surface area (Å²) in [6, 6.07) is 8.77. The summed E-state index contributed by atoms with van der Waals surface area (Å²) in [7, 11) is 0. The highest BCUT2D eigenvalue weighted by Crippen LogP contribution is 2.29. The average molecular weight is 406 g/mol. The first-order valence-corrected chi connectivity index (χ1v) is 9.54. The molecule has 27 heavy (non-hydrogen) atoms. The average Bonchev–Trinajstić information content (AvgIpc) is 2.85. The van der Waals surface area contributed by atoms with Gasteiger partial charge in [-0.2, -0.15) is 9.61 Å². The number of anilines is 1. The second-order valence-electron chi connectivity index (χ2n) is 7.11. The first-order chi connectivity index (χ1) is 12.6. The molecule has 1 N–H and O–H groups in total. The molecule has 0 radical (unpaired) electrons. The van der Waals surface area contributed by atoms with Crippen LogP contribution in [0.1, 0.15) is 26.3 Å². The molecule has 0 fully saturated rings. The molecule has 0 saturated heterocycles. The number of nitrogens with one attached hydrogen (secondary N) is 1. The number of aryl methyl sites for hydroxylation is 1. The maximum atomic E-state index is 12.5. The lowest BCUT2D eigenvalue weighted by molar-refractivity contribution is -0.117. The van der Waals surface area contributed by atoms with E-state index < -0.39 is 5.69 Å². The van der Waals surface area contributed by atoms with Crippen LogP contribution in [0.4, 0.5) is 5.69 Å². The quantitative estimate of drug-likeness (QED) is 0.673. The molecule has 0 aliphatic rings. The van der Waals surface area contributed by atoms with Crippen molar-refractivity contribution in [1.82, 2.24) is 19.4 Å². The molecule has 1 aromatic carbocycles. The lowest BCUT2D eigenvalue weighted by Crippen LogP contribution is -2.29. The number of fused-ring (bicyclic) bond motifs is 1. The van der Waals surface area contributed by atoms with Gasteiger partial charge in [0.15, 0.2) is 5.65 Å². The fourth-order valence-corrected chi connectivity index (χ4v) is 3.44. The molecule has 7 nitrogen and oxygen atoms in total. The Morgan fingerprint density at radius 2 is 1.96 bits per heavy atom. The fourth-order valence-electron chi connectivity index (χ4n) is 2.37. The van der Waals surface area contributed by atoms with Crippen molar-refractivity contribution in [1.29, 1.82) is 0 Å². The van der Waals surface area contributed by atoms with Crippen molar-refractivity contribution in [2.75, 3.05) is 5.32 Å². The van der Waals surface area contributed by atoms with Crippen molar-refractivity contribution < 1.29 is 4.79 Å². The van der Waals surface area contributed by atoms with E-state index in [1.54, 1.807) is 30.0 Å². The maximum absolute atomic E-state index is 12.5. The standard InChI is InChI=1S/C18H20ClN5O2S/c1-11-5-6-12(9-13(11)19)20-15(25)10-23-17(26)24-14(21-23)7-8-16(22-24)27-18(2,3)4/h5-9H,10H2,1-4H3,(H,20,25). The fraction of sp³-hybridized carbons (Fsp3) is 0.333. The van der Waals surface area contributed by atoms with E-state index in [9.17, 15) is 9.59 Å². The van der Waals surface area contributed by atoms with E-state index in [4.69, 9.17) is 11.6 Å². The largest absolute Gasteiger partial charge is 0.367 e. The Morgan fingerprint density at radius 1 is 1.22 bits per heavy atom. The minimum absolute atomic E-state index is 0.0323. The van der Waals surface area contributed by atoms with Gasteiger partial charge in [-0.15, -0.1) is 5.10 Å². The summed E-state index contributed by atoms with van der Waals surface area (Å²) in [5, 5.41) is 12.5. The predicted octanol–water partition coefficient (Wildman–Crippen LogP) is 3.38. The van der Waals surface area contributed by atoms with Gasteiger partial charge in [0.1, 0.15) is 11.6 Å². The molecule has 0 unspecified atom stereocenters. The van der Waals surface area contributed by atoms with E-state index in [2.05, 4.69) is 36.3 Å². The highest BCUT2D eigenvalue weighted by Gasteiger charge is 2.16. The Balaban J connectivity index is 1.80. The molecule has 0 aliphatic carbocycles. The van der Waals surface area contributed by atoms with Crippen molar-refractivity contribution >= 4 is 40.6 Å². The lowest BCUT2D eigenvalue weighted by atomic mass is 10.2. The molecule has 142 valence electrons. The normalized spacial score (nSPS) is 11.7. The summed E-state index contributed by atoms with van der Waals surface area (Å²) in [5.74, 6) is -0.371. The molecule has 0 saturated carbocycles. The maximum Gasteiger partial charge on any atom is 0.367 e. The molecule has 0 atom stereocenters. The topological polar surface area (TPSA) is 81.3 Å². The summed E-state index contributed by atoms with van der Waals surface area (Å²) in [5.41, 5.74) is 1.42. The van der Waals surface area contributed by atoms with Crippen LogP contribution in [-0.2, 0) is 11.3 Å². The second-order valence-corrected chi connectivity index (χ2v) is 9.36. The first-order valence-electron chi connectivity index (χ1n) is 8.34. The van der Waals surface area contributed by atoms with Crippen LogP contribution in [0.3, 0.4) is 0 Å². The van der Waals surface area contributed by atoms with E-state index in [1.165, 1.54) is 4.52 Å². The predicted molar refractivity (Wildman–Crippen MR) is 108 cm³/mol. The summed E-state index contributed by atoms with van der Waals surface area (Å²) in [4.78, 5) is 24.8. The lowest BCUT2D eigenvalue weighted by Gasteiger charge is -2.16. The Labute approximate surface area is 165 Å². The van der Waals surface area contributed by atoms with Crippen LogP contribution >= 0.6 is 23.4 Å². The zero-order valence-electron chi connectivity index (χ0n) is 15.5. The van der Waals surface area contributed by atoms with Crippen LogP contribution in [0.25, 0.3) is 5.65 Å². The third-order valence-electron chi connectivity index (χ3n) is 3.58. The molecular weight excluding hydrogens is 386 g/mol. The Bertz CT molecular complexity index is 1070. The SMILES string of the molecule is Cc1ccc(NC(=O)Cn2nc3ccc(SC(C)(C)C)nn3c2=O)cc1Cl. The molecule has 0 spiro atoms. The van der Waals surface area contributed by atoms with Gasteiger partial charge in [-0.05, 0) is 36.8 Å². The van der Waals surface area contributed by atoms with E-state index in [1.807, 2.05) is 19.1 Å². The third-order valence-corrected chi connectivity index (χ3v) is 5.02. The monoisotopic (exact) mass is 405 g/mol. The zero-order chi connectivity index (χ0) is 19.8. The van der Waals surface area contributed by atoms with Gasteiger partial charge in [0.05, 0.1) is 0 Å². The summed E-state index contributed by atoms with van der Waals surface area (Å²) in [6.45, 7) is 7.87. The van der Waals surface area contributed by atoms with E-state index >= 15 is 0 Å². The molecule has 3 rings (SSSR count). The number of aromatic nitrogens is 4. The molecule has 2 aromatic heterocycles. The Morgan fingerprint density at radius 3 is 2.63 bits per heavy atom. The number of rotatable bonds is 4. The van der Waals surface area contributed by atoms with Crippen molar-refractivity contribution in [3.05, 3.63) is 51.4 Å². The highest BCUT2D eigenvalue weighted by molar-refractivity contribution is 8.00. The van der Waals surface area contributed by atoms with E-state index in [-0.39, 0.29) is 17.2 Å². The molecule has 1 amide bonds. The smallest absolute Gasteiger partial charge is 0.324 e. The number of benzene rings is 1. The highest BCUT2D eigenvalue weighted by atomic mass is 35.5. The number of nitrogens with zero attached hydrogens (tertiary/aromatic N) is 4. The van der Waals surface area contributed by atoms with Gasteiger partial charge in [0.2, 0.25) is 5.91 Å². The Hall–Kier alpha value is -2.32. The van der Waals surface area contributed by atoms with Crippen LogP contribution in [0, 0.1) is 6.92 Å². The van der Waals surface area contributed by atoms with E-state index in [0.29, 0.717) is 16.4 Å². The zero-order valence-corrected chi connectivity index (χ0v) is 17.1. The number of carbonyl (C=O) groups excluding carboxylic acids is 1. The third kappa shape index (κ3) is 4.70. The molecule has 2 heterocycles. The first kappa shape index (κ1) is 19.4. The van der Waals surface area contributed by atoms with Crippen LogP contribution in [-0.4, -0.2) is 30.0 Å². The van der Waals surface area contributed by atoms with E-state index in [0.717, 1.165) is 15.3 Å². The van der Waals surface area contributed by atoms with Crippen molar-refractivity contribution in [3.8, 4) is 0 Å². The van der Waals surface area contributed by atoms with Gasteiger partial charge in [-0.1, -0.05) is 50.2 Å². The molecule has 0 bridgehead atoms. The summed E-state index contributed by atoms with van der Waals surface area (Å²) >= 11 is 7.62. The minimum Gasteiger partial charge on any atom is -0.324 e. The van der Waals surface area contributed by atoms with Gasteiger partial charge < -0.3 is 5.32 Å². The Kier molecular flexibility index (Phi) is 5.30. The number of carbonyl (C=O) groups is 1. The minimum atomic E-state index is -0.460. The van der Waals surface area contributed by atoms with Gasteiger partial charge in [-0.3, -0.25) is 4.79 Å². The molecule has 0 aliphatic heterocycles. The van der Waals surface area contributed by atoms with Gasteiger partial charge in [-0.25, -0.2) is 9.48 Å². The van der Waals surface area contributed by atoms with Crippen molar-refractivity contribution in [3.63, 3.8) is 0 Å². The second kappa shape index (κ2) is 7.36. The summed E-state index contributed by atoms with van der Waals surface area (Å²) in [6.07, 6.45) is 0. The molecular formula is C18H20ClN5O2S. The van der Waals surface area contributed by atoms with Crippen LogP contribution in [0.2, 0.25) is 5.02 Å². The van der Waals surface area contributed by atoms with Gasteiger partial charge >= 0.3 is 5.69 Å². The number of thioether (sulfide) groups is 1.